The average molecular weight is 349 g/mol. The Bertz CT molecular complexity index is 864. The predicted octanol–water partition coefficient (Wildman–Crippen LogP) is 3.03. The standard InChI is InChI=1S/C21H23N3O2/c1-21(2,3)17-12-24(13-18(17)25)20-16(9-6-10-23-20)19(26)15-8-5-4-7-14(15)11-22/h4-10,17-18,25H,12-13H2,1-3H3/t17-,18+/m0/s1. The summed E-state index contributed by atoms with van der Waals surface area (Å²) in [6.07, 6.45) is 1.19. The smallest absolute Gasteiger partial charge is 0.198 e. The predicted molar refractivity (Wildman–Crippen MR) is 100.0 cm³/mol. The van der Waals surface area contributed by atoms with Crippen molar-refractivity contribution in [2.24, 2.45) is 11.3 Å². The van der Waals surface area contributed by atoms with Crippen molar-refractivity contribution >= 4 is 11.6 Å². The fraction of sp³-hybridized carbons (Fsp3) is 0.381. The van der Waals surface area contributed by atoms with Crippen molar-refractivity contribution in [3.63, 3.8) is 0 Å². The molecule has 1 aromatic carbocycles. The van der Waals surface area contributed by atoms with Crippen molar-refractivity contribution in [2.45, 2.75) is 26.9 Å². The Morgan fingerprint density at radius 3 is 2.54 bits per heavy atom. The van der Waals surface area contributed by atoms with E-state index in [1.165, 1.54) is 0 Å². The van der Waals surface area contributed by atoms with Crippen LogP contribution in [0.15, 0.2) is 42.6 Å². The zero-order valence-electron chi connectivity index (χ0n) is 15.3. The number of carbonyl (C=O) groups is 1. The summed E-state index contributed by atoms with van der Waals surface area (Å²) in [5.41, 5.74) is 1.13. The van der Waals surface area contributed by atoms with Crippen LogP contribution in [0, 0.1) is 22.7 Å². The number of pyridine rings is 1. The van der Waals surface area contributed by atoms with Crippen LogP contribution in [0.25, 0.3) is 0 Å². The Morgan fingerprint density at radius 1 is 1.19 bits per heavy atom. The highest BCUT2D eigenvalue weighted by molar-refractivity contribution is 6.13. The Morgan fingerprint density at radius 2 is 1.88 bits per heavy atom. The molecule has 0 bridgehead atoms. The Balaban J connectivity index is 1.98. The number of benzene rings is 1. The largest absolute Gasteiger partial charge is 0.391 e. The molecular formula is C21H23N3O2. The van der Waals surface area contributed by atoms with Crippen molar-refractivity contribution in [3.8, 4) is 6.07 Å². The van der Waals surface area contributed by atoms with Crippen LogP contribution >= 0.6 is 0 Å². The summed E-state index contributed by atoms with van der Waals surface area (Å²) in [5.74, 6) is 0.439. The van der Waals surface area contributed by atoms with Gasteiger partial charge in [-0.25, -0.2) is 4.98 Å². The van der Waals surface area contributed by atoms with Crippen molar-refractivity contribution in [1.82, 2.24) is 4.98 Å². The molecule has 0 amide bonds. The Kier molecular flexibility index (Phi) is 4.80. The molecule has 134 valence electrons. The number of hydrogen-bond donors (Lipinski definition) is 1. The van der Waals surface area contributed by atoms with E-state index in [9.17, 15) is 15.2 Å². The van der Waals surface area contributed by atoms with E-state index in [1.807, 2.05) is 4.90 Å². The highest BCUT2D eigenvalue weighted by Gasteiger charge is 2.40. The summed E-state index contributed by atoms with van der Waals surface area (Å²) in [4.78, 5) is 19.5. The molecule has 5 nitrogen and oxygen atoms in total. The van der Waals surface area contributed by atoms with E-state index >= 15 is 0 Å². The molecule has 3 rings (SSSR count). The molecular weight excluding hydrogens is 326 g/mol. The first-order valence-corrected chi connectivity index (χ1v) is 8.74. The lowest BCUT2D eigenvalue weighted by Crippen LogP contribution is -2.30. The molecule has 1 aliphatic heterocycles. The zero-order valence-corrected chi connectivity index (χ0v) is 15.3. The number of anilines is 1. The van der Waals surface area contributed by atoms with Gasteiger partial charge in [-0.2, -0.15) is 5.26 Å². The minimum Gasteiger partial charge on any atom is -0.391 e. The summed E-state index contributed by atoms with van der Waals surface area (Å²) in [6, 6.07) is 12.3. The number of aromatic nitrogens is 1. The fourth-order valence-electron chi connectivity index (χ4n) is 3.56. The number of rotatable bonds is 3. The summed E-state index contributed by atoms with van der Waals surface area (Å²) in [7, 11) is 0. The van der Waals surface area contributed by atoms with Gasteiger partial charge in [0.25, 0.3) is 0 Å². The van der Waals surface area contributed by atoms with Crippen molar-refractivity contribution in [1.29, 1.82) is 5.26 Å². The quantitative estimate of drug-likeness (QED) is 0.862. The van der Waals surface area contributed by atoms with Crippen LogP contribution in [0.1, 0.15) is 42.3 Å². The van der Waals surface area contributed by atoms with E-state index in [4.69, 9.17) is 0 Å². The number of aliphatic hydroxyl groups is 1. The summed E-state index contributed by atoms with van der Waals surface area (Å²) in [5, 5.41) is 19.8. The normalized spacial score (nSPS) is 20.0. The molecule has 0 spiro atoms. The molecule has 1 aliphatic rings. The first kappa shape index (κ1) is 18.1. The number of nitriles is 1. The van der Waals surface area contributed by atoms with Gasteiger partial charge < -0.3 is 10.0 Å². The molecule has 0 unspecified atom stereocenters. The van der Waals surface area contributed by atoms with Crippen molar-refractivity contribution < 1.29 is 9.90 Å². The molecule has 0 saturated carbocycles. The second kappa shape index (κ2) is 6.89. The van der Waals surface area contributed by atoms with Crippen LogP contribution in [-0.2, 0) is 0 Å². The van der Waals surface area contributed by atoms with Crippen LogP contribution in [0.2, 0.25) is 0 Å². The number of ketones is 1. The molecule has 0 aliphatic carbocycles. The summed E-state index contributed by atoms with van der Waals surface area (Å²) >= 11 is 0. The van der Waals surface area contributed by atoms with Gasteiger partial charge in [0.2, 0.25) is 0 Å². The molecule has 1 aromatic heterocycles. The van der Waals surface area contributed by atoms with Gasteiger partial charge in [-0.3, -0.25) is 4.79 Å². The van der Waals surface area contributed by atoms with E-state index in [1.54, 1.807) is 42.6 Å². The van der Waals surface area contributed by atoms with Gasteiger partial charge in [-0.05, 0) is 29.7 Å². The van der Waals surface area contributed by atoms with E-state index < -0.39 is 6.10 Å². The number of aliphatic hydroxyl groups excluding tert-OH is 1. The van der Waals surface area contributed by atoms with Crippen LogP contribution < -0.4 is 4.90 Å². The molecule has 2 aromatic rings. The third-order valence-electron chi connectivity index (χ3n) is 5.02. The molecule has 2 atom stereocenters. The number of carbonyl (C=O) groups excluding carboxylic acids is 1. The first-order chi connectivity index (χ1) is 12.3. The molecule has 1 fully saturated rings. The topological polar surface area (TPSA) is 77.2 Å². The Hall–Kier alpha value is -2.71. The van der Waals surface area contributed by atoms with Gasteiger partial charge >= 0.3 is 0 Å². The van der Waals surface area contributed by atoms with Gasteiger partial charge in [0.1, 0.15) is 5.82 Å². The molecule has 1 N–H and O–H groups in total. The van der Waals surface area contributed by atoms with E-state index in [0.717, 1.165) is 0 Å². The van der Waals surface area contributed by atoms with Gasteiger partial charge in [0.15, 0.2) is 5.78 Å². The van der Waals surface area contributed by atoms with Gasteiger partial charge in [0, 0.05) is 30.8 Å². The lowest BCUT2D eigenvalue weighted by atomic mass is 9.79. The first-order valence-electron chi connectivity index (χ1n) is 8.74. The minimum atomic E-state index is -0.466. The molecule has 2 heterocycles. The van der Waals surface area contributed by atoms with E-state index in [-0.39, 0.29) is 17.1 Å². The maximum Gasteiger partial charge on any atom is 0.198 e. The molecule has 26 heavy (non-hydrogen) atoms. The fourth-order valence-corrected chi connectivity index (χ4v) is 3.56. The molecule has 5 heteroatoms. The molecule has 1 saturated heterocycles. The monoisotopic (exact) mass is 349 g/mol. The summed E-state index contributed by atoms with van der Waals surface area (Å²) < 4.78 is 0. The van der Waals surface area contributed by atoms with Gasteiger partial charge in [-0.15, -0.1) is 0 Å². The van der Waals surface area contributed by atoms with Crippen molar-refractivity contribution in [2.75, 3.05) is 18.0 Å². The lowest BCUT2D eigenvalue weighted by Gasteiger charge is -2.29. The van der Waals surface area contributed by atoms with Crippen molar-refractivity contribution in [3.05, 3.63) is 59.3 Å². The number of β-amino-alcohol motifs (C(OH)–C–C–N with tert-alkyl or cyclic N) is 1. The third kappa shape index (κ3) is 3.33. The van der Waals surface area contributed by atoms with E-state index in [0.29, 0.717) is 35.6 Å². The van der Waals surface area contributed by atoms with Crippen LogP contribution in [0.3, 0.4) is 0 Å². The highest BCUT2D eigenvalue weighted by Crippen LogP contribution is 2.36. The SMILES string of the molecule is CC(C)(C)[C@H]1CN(c2ncccc2C(=O)c2ccccc2C#N)C[C@H]1O. The van der Waals surface area contributed by atoms with Gasteiger partial charge in [0.05, 0.1) is 23.3 Å². The van der Waals surface area contributed by atoms with Gasteiger partial charge in [-0.1, -0.05) is 32.9 Å². The number of hydrogen-bond acceptors (Lipinski definition) is 5. The minimum absolute atomic E-state index is 0.0411. The third-order valence-corrected chi connectivity index (χ3v) is 5.02. The average Bonchev–Trinajstić information content (AvgIpc) is 3.03. The second-order valence-corrected chi connectivity index (χ2v) is 7.81. The van der Waals surface area contributed by atoms with Crippen LogP contribution in [0.5, 0.6) is 0 Å². The Labute approximate surface area is 153 Å². The zero-order chi connectivity index (χ0) is 18.9. The lowest BCUT2D eigenvalue weighted by molar-refractivity contribution is 0.0828. The van der Waals surface area contributed by atoms with Crippen LogP contribution in [-0.4, -0.2) is 35.1 Å². The highest BCUT2D eigenvalue weighted by atomic mass is 16.3. The molecule has 0 radical (unpaired) electrons. The van der Waals surface area contributed by atoms with E-state index in [2.05, 4.69) is 31.8 Å². The number of nitrogens with zero attached hydrogens (tertiary/aromatic N) is 3. The van der Waals surface area contributed by atoms with Crippen LogP contribution in [0.4, 0.5) is 5.82 Å². The summed E-state index contributed by atoms with van der Waals surface area (Å²) in [6.45, 7) is 7.41. The maximum absolute atomic E-state index is 13.1. The second-order valence-electron chi connectivity index (χ2n) is 7.81. The maximum atomic E-state index is 13.1.